The lowest BCUT2D eigenvalue weighted by molar-refractivity contribution is -0.114. The van der Waals surface area contributed by atoms with Crippen molar-refractivity contribution in [1.82, 2.24) is 19.9 Å². The molecule has 0 radical (unpaired) electrons. The van der Waals surface area contributed by atoms with Gasteiger partial charge in [-0.3, -0.25) is 4.79 Å². The fourth-order valence-electron chi connectivity index (χ4n) is 3.24. The molecule has 4 rings (SSSR count). The molecule has 0 aliphatic heterocycles. The average molecular weight is 394 g/mol. The number of aromatic amines is 1. The van der Waals surface area contributed by atoms with Gasteiger partial charge in [0.15, 0.2) is 0 Å². The first-order valence-electron chi connectivity index (χ1n) is 9.39. The van der Waals surface area contributed by atoms with Gasteiger partial charge in [-0.2, -0.15) is 5.26 Å². The molecule has 3 aromatic heterocycles. The molecule has 3 N–H and O–H groups in total. The summed E-state index contributed by atoms with van der Waals surface area (Å²) in [6, 6.07) is 13.3. The summed E-state index contributed by atoms with van der Waals surface area (Å²) in [6.45, 7) is 2.05. The number of carbonyl (C=O) groups is 1. The van der Waals surface area contributed by atoms with E-state index >= 15 is 0 Å². The highest BCUT2D eigenvalue weighted by molar-refractivity contribution is 6.00. The maximum absolute atomic E-state index is 11.3. The number of pyridine rings is 1. The van der Waals surface area contributed by atoms with Gasteiger partial charge in [0.1, 0.15) is 23.6 Å². The van der Waals surface area contributed by atoms with Crippen LogP contribution in [-0.2, 0) is 11.2 Å². The third-order valence-corrected chi connectivity index (χ3v) is 4.81. The number of benzene rings is 1. The Morgan fingerprint density at radius 1 is 1.20 bits per heavy atom. The molecule has 3 heterocycles. The number of nitrogens with zero attached hydrogens (tertiary/aromatic N) is 4. The van der Waals surface area contributed by atoms with E-state index in [-0.39, 0.29) is 5.57 Å². The fraction of sp³-hybridized carbons (Fsp3) is 0.0870. The molecule has 0 aliphatic carbocycles. The summed E-state index contributed by atoms with van der Waals surface area (Å²) in [5, 5.41) is 10.0. The van der Waals surface area contributed by atoms with Crippen molar-refractivity contribution in [2.75, 3.05) is 0 Å². The Morgan fingerprint density at radius 3 is 2.83 bits per heavy atom. The van der Waals surface area contributed by atoms with Gasteiger partial charge in [0.25, 0.3) is 5.91 Å². The number of nitrogens with one attached hydrogen (secondary N) is 1. The predicted octanol–water partition coefficient (Wildman–Crippen LogP) is 3.64. The van der Waals surface area contributed by atoms with E-state index < -0.39 is 5.91 Å². The number of hydrogen-bond donors (Lipinski definition) is 2. The smallest absolute Gasteiger partial charge is 0.259 e. The molecule has 0 fully saturated rings. The molecule has 0 unspecified atom stereocenters. The molecular formula is C23H18N6O. The van der Waals surface area contributed by atoms with Gasteiger partial charge >= 0.3 is 0 Å². The minimum absolute atomic E-state index is 0.0934. The molecule has 7 heteroatoms. The van der Waals surface area contributed by atoms with Crippen molar-refractivity contribution in [3.63, 3.8) is 0 Å². The number of fused-ring (bicyclic) bond motifs is 1. The van der Waals surface area contributed by atoms with Crippen molar-refractivity contribution in [3.05, 3.63) is 71.9 Å². The molecule has 0 saturated heterocycles. The molecule has 7 nitrogen and oxygen atoms in total. The lowest BCUT2D eigenvalue weighted by Crippen LogP contribution is -2.12. The Kier molecular flexibility index (Phi) is 5.06. The predicted molar refractivity (Wildman–Crippen MR) is 115 cm³/mol. The van der Waals surface area contributed by atoms with Gasteiger partial charge in [-0.1, -0.05) is 25.1 Å². The quantitative estimate of drug-likeness (QED) is 0.395. The molecule has 0 atom stereocenters. The molecule has 1 aromatic carbocycles. The molecule has 146 valence electrons. The third kappa shape index (κ3) is 3.66. The van der Waals surface area contributed by atoms with Crippen LogP contribution < -0.4 is 5.73 Å². The first-order valence-corrected chi connectivity index (χ1v) is 9.39. The number of hydrogen-bond acceptors (Lipinski definition) is 5. The number of nitrogens with two attached hydrogens (primary N) is 1. The van der Waals surface area contributed by atoms with Crippen molar-refractivity contribution in [2.45, 2.75) is 13.3 Å². The van der Waals surface area contributed by atoms with Crippen LogP contribution in [0.5, 0.6) is 0 Å². The highest BCUT2D eigenvalue weighted by atomic mass is 16.1. The first kappa shape index (κ1) is 19.0. The average Bonchev–Trinajstić information content (AvgIpc) is 3.20. The number of aryl methyl sites for hydroxylation is 1. The number of carbonyl (C=O) groups excluding carboxylic acids is 1. The van der Waals surface area contributed by atoms with Crippen LogP contribution in [-0.4, -0.2) is 25.8 Å². The van der Waals surface area contributed by atoms with Crippen LogP contribution in [0.25, 0.3) is 39.5 Å². The second kappa shape index (κ2) is 7.97. The van der Waals surface area contributed by atoms with Gasteiger partial charge in [-0.25, -0.2) is 15.0 Å². The van der Waals surface area contributed by atoms with E-state index in [1.54, 1.807) is 12.5 Å². The van der Waals surface area contributed by atoms with E-state index in [4.69, 9.17) is 11.0 Å². The second-order valence-corrected chi connectivity index (χ2v) is 6.73. The van der Waals surface area contributed by atoms with Crippen LogP contribution in [0, 0.1) is 11.3 Å². The highest BCUT2D eigenvalue weighted by Gasteiger charge is 2.11. The largest absolute Gasteiger partial charge is 0.365 e. The number of rotatable bonds is 5. The van der Waals surface area contributed by atoms with Gasteiger partial charge in [-0.15, -0.1) is 0 Å². The number of primary amides is 1. The van der Waals surface area contributed by atoms with Crippen LogP contribution in [0.3, 0.4) is 0 Å². The first-order chi connectivity index (χ1) is 14.6. The number of nitriles is 1. The van der Waals surface area contributed by atoms with Crippen molar-refractivity contribution in [1.29, 1.82) is 5.26 Å². The number of H-pyrrole nitrogens is 1. The van der Waals surface area contributed by atoms with Crippen LogP contribution >= 0.6 is 0 Å². The Bertz CT molecular complexity index is 1330. The summed E-state index contributed by atoms with van der Waals surface area (Å²) in [5.74, 6) is -0.751. The Labute approximate surface area is 172 Å². The van der Waals surface area contributed by atoms with Crippen LogP contribution in [0.2, 0.25) is 0 Å². The van der Waals surface area contributed by atoms with Gasteiger partial charge in [-0.05, 0) is 41.8 Å². The Morgan fingerprint density at radius 2 is 2.07 bits per heavy atom. The van der Waals surface area contributed by atoms with E-state index in [1.807, 2.05) is 48.7 Å². The highest BCUT2D eigenvalue weighted by Crippen LogP contribution is 2.30. The molecular weight excluding hydrogens is 376 g/mol. The fourth-order valence-corrected chi connectivity index (χ4v) is 3.24. The Balaban J connectivity index is 1.79. The monoisotopic (exact) mass is 394 g/mol. The normalized spacial score (nSPS) is 11.4. The lowest BCUT2D eigenvalue weighted by Gasteiger charge is -2.05. The van der Waals surface area contributed by atoms with E-state index in [0.717, 1.165) is 45.5 Å². The summed E-state index contributed by atoms with van der Waals surface area (Å²) in [4.78, 5) is 27.7. The van der Waals surface area contributed by atoms with Gasteiger partial charge in [0, 0.05) is 34.6 Å². The summed E-state index contributed by atoms with van der Waals surface area (Å²) in [6.07, 6.45) is 7.56. The molecule has 0 spiro atoms. The second-order valence-electron chi connectivity index (χ2n) is 6.73. The van der Waals surface area contributed by atoms with E-state index in [1.165, 1.54) is 6.08 Å². The third-order valence-electron chi connectivity index (χ3n) is 4.81. The number of amides is 1. The topological polar surface area (TPSA) is 121 Å². The molecule has 30 heavy (non-hydrogen) atoms. The minimum atomic E-state index is -0.751. The zero-order chi connectivity index (χ0) is 21.1. The molecule has 0 saturated carbocycles. The van der Waals surface area contributed by atoms with E-state index in [9.17, 15) is 4.79 Å². The van der Waals surface area contributed by atoms with Crippen molar-refractivity contribution >= 4 is 23.0 Å². The summed E-state index contributed by atoms with van der Waals surface area (Å²) in [5.41, 5.74) is 11.2. The molecule has 1 amide bonds. The van der Waals surface area contributed by atoms with Crippen molar-refractivity contribution < 1.29 is 4.79 Å². The summed E-state index contributed by atoms with van der Waals surface area (Å²) in [7, 11) is 0. The maximum atomic E-state index is 11.3. The standard InChI is InChI=1S/C23H18N6O/c1-2-18-9-21(29-13-28-18)20-12-27-23-19(20)8-17(11-26-23)15-5-3-4-14(6-15)7-16(10-24)22(25)30/h3-9,11-13H,2H2,1H3,(H2,25,30)(H,26,27)/b16-7+. The van der Waals surface area contributed by atoms with Crippen LogP contribution in [0.1, 0.15) is 18.2 Å². The summed E-state index contributed by atoms with van der Waals surface area (Å²) >= 11 is 0. The van der Waals surface area contributed by atoms with E-state index in [2.05, 4.69) is 26.9 Å². The van der Waals surface area contributed by atoms with Gasteiger partial charge < -0.3 is 10.7 Å². The molecule has 0 aliphatic rings. The van der Waals surface area contributed by atoms with Gasteiger partial charge in [0.2, 0.25) is 0 Å². The SMILES string of the molecule is CCc1cc(-c2c[nH]c3ncc(-c4cccc(/C=C(\C#N)C(N)=O)c4)cc23)ncn1. The van der Waals surface area contributed by atoms with E-state index in [0.29, 0.717) is 5.56 Å². The van der Waals surface area contributed by atoms with Crippen LogP contribution in [0.4, 0.5) is 0 Å². The Hall–Kier alpha value is -4.31. The minimum Gasteiger partial charge on any atom is -0.365 e. The lowest BCUT2D eigenvalue weighted by atomic mass is 10.0. The zero-order valence-electron chi connectivity index (χ0n) is 16.3. The summed E-state index contributed by atoms with van der Waals surface area (Å²) < 4.78 is 0. The van der Waals surface area contributed by atoms with Crippen LogP contribution in [0.15, 0.2) is 60.7 Å². The van der Waals surface area contributed by atoms with Gasteiger partial charge in [0.05, 0.1) is 5.69 Å². The molecule has 4 aromatic rings. The zero-order valence-corrected chi connectivity index (χ0v) is 16.3. The number of aromatic nitrogens is 4. The molecule has 0 bridgehead atoms. The van der Waals surface area contributed by atoms with Crippen molar-refractivity contribution in [2.24, 2.45) is 5.73 Å². The van der Waals surface area contributed by atoms with Crippen molar-refractivity contribution in [3.8, 4) is 28.5 Å². The maximum Gasteiger partial charge on any atom is 0.259 e.